The molecule has 1 aliphatic rings. The molecule has 0 fully saturated rings. The molecule has 0 spiro atoms. The van der Waals surface area contributed by atoms with Gasteiger partial charge in [-0.2, -0.15) is 0 Å². The minimum absolute atomic E-state index is 0.0395. The fraction of sp³-hybridized carbons (Fsp3) is 0.355. The van der Waals surface area contributed by atoms with Gasteiger partial charge < -0.3 is 19.9 Å². The van der Waals surface area contributed by atoms with Crippen LogP contribution < -0.4 is 10.1 Å². The van der Waals surface area contributed by atoms with E-state index in [0.717, 1.165) is 11.1 Å². The minimum Gasteiger partial charge on any atom is -0.494 e. The molecule has 4 rings (SSSR count). The topological polar surface area (TPSA) is 178 Å². The first-order chi connectivity index (χ1) is 20.9. The van der Waals surface area contributed by atoms with Crippen LogP contribution in [-0.4, -0.2) is 41.7 Å². The highest BCUT2D eigenvalue weighted by Gasteiger charge is 2.54. The third-order valence-corrected chi connectivity index (χ3v) is 6.97. The number of ether oxygens (including phenoxy) is 2. The third-order valence-electron chi connectivity index (χ3n) is 6.97. The van der Waals surface area contributed by atoms with Crippen molar-refractivity contribution in [1.82, 2.24) is 5.32 Å². The Morgan fingerprint density at radius 2 is 1.63 bits per heavy atom. The van der Waals surface area contributed by atoms with E-state index in [2.05, 4.69) is 25.4 Å². The van der Waals surface area contributed by atoms with Gasteiger partial charge in [0.25, 0.3) is 5.91 Å². The summed E-state index contributed by atoms with van der Waals surface area (Å²) in [6, 6.07) is 21.8. The zero-order chi connectivity index (χ0) is 30.7. The van der Waals surface area contributed by atoms with E-state index in [-0.39, 0.29) is 44.0 Å². The molecule has 0 aliphatic carbocycles. The van der Waals surface area contributed by atoms with E-state index >= 15 is 0 Å². The number of nitrogens with zero attached hydrogens (tertiary/aromatic N) is 7. The first kappa shape index (κ1) is 30.9. The lowest BCUT2D eigenvalue weighted by atomic mass is 9.79. The third kappa shape index (κ3) is 7.44. The summed E-state index contributed by atoms with van der Waals surface area (Å²) in [4.78, 5) is 25.2. The van der Waals surface area contributed by atoms with Crippen molar-refractivity contribution in [1.29, 1.82) is 0 Å². The van der Waals surface area contributed by atoms with Gasteiger partial charge in [0, 0.05) is 40.9 Å². The highest BCUT2D eigenvalue weighted by atomic mass is 16.5. The molecule has 0 bridgehead atoms. The molecule has 2 atom stereocenters. The van der Waals surface area contributed by atoms with E-state index in [9.17, 15) is 4.79 Å². The zero-order valence-electron chi connectivity index (χ0n) is 24.1. The molecule has 0 saturated carbocycles. The summed E-state index contributed by atoms with van der Waals surface area (Å²) in [5, 5.41) is 19.6. The molecular weight excluding hydrogens is 548 g/mol. The normalized spacial score (nSPS) is 17.3. The van der Waals surface area contributed by atoms with Gasteiger partial charge in [-0.05, 0) is 71.4 Å². The standard InChI is InChI=1S/C31H34N8O4/c1-21(2)36-30(41)31(18-23-8-3-4-9-24(23)19-34-38-32)28(27-11-6-5-10-25(27)20-35-39-33)43-29(37-31)22-12-14-26(15-13-22)42-17-7-16-40/h3-6,8-15,21,28,40H,7,16-20H2,1-2H3,(H,36,41)/t28-,31-/m1/s1. The number of hydrogen-bond acceptors (Lipinski definition) is 7. The largest absolute Gasteiger partial charge is 0.494 e. The van der Waals surface area contributed by atoms with Crippen LogP contribution in [0.15, 0.2) is 88.0 Å². The molecule has 3 aromatic rings. The molecule has 1 amide bonds. The lowest BCUT2D eigenvalue weighted by Crippen LogP contribution is -2.52. The fourth-order valence-electron chi connectivity index (χ4n) is 4.97. The van der Waals surface area contributed by atoms with Crippen LogP contribution in [-0.2, 0) is 29.0 Å². The quantitative estimate of drug-likeness (QED) is 0.101. The average molecular weight is 583 g/mol. The van der Waals surface area contributed by atoms with Crippen LogP contribution in [0.5, 0.6) is 5.75 Å². The monoisotopic (exact) mass is 582 g/mol. The molecule has 2 N–H and O–H groups in total. The Morgan fingerprint density at radius 1 is 1.00 bits per heavy atom. The van der Waals surface area contributed by atoms with Gasteiger partial charge in [-0.25, -0.2) is 4.99 Å². The van der Waals surface area contributed by atoms with Crippen molar-refractivity contribution in [3.63, 3.8) is 0 Å². The fourth-order valence-corrected chi connectivity index (χ4v) is 4.97. The first-order valence-electron chi connectivity index (χ1n) is 14.0. The Kier molecular flexibility index (Phi) is 10.6. The van der Waals surface area contributed by atoms with Crippen LogP contribution in [0.2, 0.25) is 0 Å². The van der Waals surface area contributed by atoms with Gasteiger partial charge >= 0.3 is 0 Å². The first-order valence-corrected chi connectivity index (χ1v) is 14.0. The van der Waals surface area contributed by atoms with E-state index in [1.807, 2.05) is 74.5 Å². The Balaban J connectivity index is 1.88. The van der Waals surface area contributed by atoms with Crippen molar-refractivity contribution in [2.45, 2.75) is 57.5 Å². The van der Waals surface area contributed by atoms with Crippen LogP contribution >= 0.6 is 0 Å². The molecule has 0 saturated heterocycles. The average Bonchev–Trinajstić information content (AvgIpc) is 3.40. The van der Waals surface area contributed by atoms with Crippen LogP contribution in [0.25, 0.3) is 20.9 Å². The lowest BCUT2D eigenvalue weighted by Gasteiger charge is -2.33. The second-order valence-electron chi connectivity index (χ2n) is 10.3. The number of nitrogens with one attached hydrogen (secondary N) is 1. The summed E-state index contributed by atoms with van der Waals surface area (Å²) in [5.74, 6) is 0.573. The van der Waals surface area contributed by atoms with E-state index in [1.165, 1.54) is 0 Å². The number of azide groups is 2. The summed E-state index contributed by atoms with van der Waals surface area (Å²) in [6.45, 7) is 4.35. The zero-order valence-corrected chi connectivity index (χ0v) is 24.1. The summed E-state index contributed by atoms with van der Waals surface area (Å²) in [6.07, 6.45) is -0.211. The second-order valence-corrected chi connectivity index (χ2v) is 10.3. The molecule has 1 heterocycles. The van der Waals surface area contributed by atoms with Crippen LogP contribution in [0, 0.1) is 0 Å². The summed E-state index contributed by atoms with van der Waals surface area (Å²) < 4.78 is 12.3. The number of carbonyl (C=O) groups is 1. The number of rotatable bonds is 14. The predicted molar refractivity (Wildman–Crippen MR) is 162 cm³/mol. The maximum absolute atomic E-state index is 14.3. The van der Waals surface area contributed by atoms with Crippen molar-refractivity contribution in [2.75, 3.05) is 13.2 Å². The van der Waals surface area contributed by atoms with E-state index in [1.54, 1.807) is 12.1 Å². The highest BCUT2D eigenvalue weighted by molar-refractivity contribution is 6.01. The van der Waals surface area contributed by atoms with E-state index in [4.69, 9.17) is 30.6 Å². The number of carbonyl (C=O) groups excluding carboxylic acids is 1. The number of benzene rings is 3. The number of aliphatic hydroxyl groups excluding tert-OH is 1. The van der Waals surface area contributed by atoms with Gasteiger partial charge in [0.2, 0.25) is 5.90 Å². The lowest BCUT2D eigenvalue weighted by molar-refractivity contribution is -0.129. The van der Waals surface area contributed by atoms with Crippen molar-refractivity contribution in [3.8, 4) is 5.75 Å². The van der Waals surface area contributed by atoms with Gasteiger partial charge in [-0.1, -0.05) is 58.8 Å². The summed E-state index contributed by atoms with van der Waals surface area (Å²) >= 11 is 0. The van der Waals surface area contributed by atoms with Crippen LogP contribution in [0.3, 0.4) is 0 Å². The summed E-state index contributed by atoms with van der Waals surface area (Å²) in [5.41, 5.74) is 20.1. The molecular formula is C31H34N8O4. The van der Waals surface area contributed by atoms with Gasteiger partial charge in [0.15, 0.2) is 11.6 Å². The van der Waals surface area contributed by atoms with Gasteiger partial charge in [0.05, 0.1) is 19.7 Å². The molecule has 1 aliphatic heterocycles. The predicted octanol–water partition coefficient (Wildman–Crippen LogP) is 6.09. The minimum atomic E-state index is -1.46. The molecule has 0 aromatic heterocycles. The second kappa shape index (κ2) is 14.7. The smallest absolute Gasteiger partial charge is 0.252 e. The Labute approximate surface area is 249 Å². The number of amides is 1. The van der Waals surface area contributed by atoms with E-state index < -0.39 is 11.6 Å². The SMILES string of the molecule is CC(C)NC(=O)[C@]1(Cc2ccccc2CN=[N+]=[N-])N=C(c2ccc(OCCCO)cc2)O[C@@H]1c1ccccc1CN=[N+]=[N-]. The van der Waals surface area contributed by atoms with Gasteiger partial charge in [0.1, 0.15) is 5.75 Å². The van der Waals surface area contributed by atoms with Crippen molar-refractivity contribution in [2.24, 2.45) is 15.2 Å². The van der Waals surface area contributed by atoms with Gasteiger partial charge in [-0.15, -0.1) is 0 Å². The summed E-state index contributed by atoms with van der Waals surface area (Å²) in [7, 11) is 0. The Hall–Kier alpha value is -5.02. The van der Waals surface area contributed by atoms with Crippen molar-refractivity contribution < 1.29 is 19.4 Å². The molecule has 3 aromatic carbocycles. The maximum Gasteiger partial charge on any atom is 0.252 e. The molecule has 43 heavy (non-hydrogen) atoms. The van der Waals surface area contributed by atoms with Crippen LogP contribution in [0.1, 0.15) is 54.2 Å². The van der Waals surface area contributed by atoms with Crippen molar-refractivity contribution >= 4 is 11.8 Å². The molecule has 0 radical (unpaired) electrons. The Bertz CT molecular complexity index is 1550. The highest BCUT2D eigenvalue weighted by Crippen LogP contribution is 2.44. The Morgan fingerprint density at radius 3 is 2.28 bits per heavy atom. The number of hydrogen-bond donors (Lipinski definition) is 2. The number of aliphatic hydroxyl groups is 1. The van der Waals surface area contributed by atoms with Gasteiger partial charge in [-0.3, -0.25) is 4.79 Å². The van der Waals surface area contributed by atoms with Crippen LogP contribution in [0.4, 0.5) is 0 Å². The molecule has 222 valence electrons. The van der Waals surface area contributed by atoms with Crippen molar-refractivity contribution in [3.05, 3.63) is 121 Å². The molecule has 12 nitrogen and oxygen atoms in total. The number of aliphatic imine (C=N–C) groups is 1. The maximum atomic E-state index is 14.3. The molecule has 0 unspecified atom stereocenters. The van der Waals surface area contributed by atoms with E-state index in [0.29, 0.717) is 35.5 Å². The molecule has 12 heteroatoms.